The molecule has 4 nitrogen and oxygen atoms in total. The van der Waals surface area contributed by atoms with E-state index in [1.165, 1.54) is 32.1 Å². The van der Waals surface area contributed by atoms with Crippen molar-refractivity contribution in [3.63, 3.8) is 0 Å². The largest absolute Gasteiger partial charge is 2.00 e. The maximum absolute atomic E-state index is 10.1. The smallest absolute Gasteiger partial charge is 0.790 e. The Balaban J connectivity index is 0. The molecule has 0 spiro atoms. The standard InChI is InChI=1S/C10H23O4P.Mg/c1-2-3-4-5-6-7-8-9-10-14-15(11,12)13;/h2-10H2,1H3,(H2,11,12,13);/q;+2/p-2. The Labute approximate surface area is 115 Å². The summed E-state index contributed by atoms with van der Waals surface area (Å²) < 4.78 is 14.2. The molecule has 0 bridgehead atoms. The maximum Gasteiger partial charge on any atom is 2.00 e. The third-order valence-electron chi connectivity index (χ3n) is 2.25. The molecule has 0 saturated heterocycles. The molecule has 0 aromatic heterocycles. The summed E-state index contributed by atoms with van der Waals surface area (Å²) in [6.45, 7) is 2.22. The van der Waals surface area contributed by atoms with Crippen molar-refractivity contribution >= 4 is 30.9 Å². The van der Waals surface area contributed by atoms with Crippen LogP contribution < -0.4 is 9.79 Å². The molecule has 6 heteroatoms. The molecule has 0 radical (unpaired) electrons. The van der Waals surface area contributed by atoms with E-state index in [-0.39, 0.29) is 29.7 Å². The van der Waals surface area contributed by atoms with E-state index in [0.717, 1.165) is 12.8 Å². The third kappa shape index (κ3) is 17.3. The predicted molar refractivity (Wildman–Crippen MR) is 61.9 cm³/mol. The Morgan fingerprint density at radius 2 is 1.38 bits per heavy atom. The second-order valence-corrected chi connectivity index (χ2v) is 4.91. The van der Waals surface area contributed by atoms with Gasteiger partial charge in [-0.25, -0.2) is 0 Å². The van der Waals surface area contributed by atoms with Gasteiger partial charge in [-0.2, -0.15) is 0 Å². The first-order valence-corrected chi connectivity index (χ1v) is 7.19. The van der Waals surface area contributed by atoms with E-state index in [0.29, 0.717) is 6.42 Å². The van der Waals surface area contributed by atoms with Gasteiger partial charge in [-0.1, -0.05) is 51.9 Å². The first-order valence-electron chi connectivity index (χ1n) is 5.73. The number of rotatable bonds is 10. The van der Waals surface area contributed by atoms with Crippen molar-refractivity contribution in [1.29, 1.82) is 0 Å². The SMILES string of the molecule is CCCCCCCCCCOP(=O)([O-])[O-].[Mg+2]. The molecule has 0 aliphatic rings. The molecule has 0 amide bonds. The first-order chi connectivity index (χ1) is 7.06. The van der Waals surface area contributed by atoms with E-state index in [1.807, 2.05) is 0 Å². The fourth-order valence-corrected chi connectivity index (χ4v) is 1.77. The third-order valence-corrected chi connectivity index (χ3v) is 2.75. The van der Waals surface area contributed by atoms with E-state index in [4.69, 9.17) is 0 Å². The molecule has 0 heterocycles. The zero-order chi connectivity index (χ0) is 11.6. The topological polar surface area (TPSA) is 72.4 Å². The second kappa shape index (κ2) is 12.3. The summed E-state index contributed by atoms with van der Waals surface area (Å²) in [4.78, 5) is 20.2. The molecule has 0 aliphatic heterocycles. The average Bonchev–Trinajstić information content (AvgIpc) is 2.14. The minimum Gasteiger partial charge on any atom is -0.790 e. The van der Waals surface area contributed by atoms with Gasteiger partial charge in [-0.15, -0.1) is 0 Å². The number of hydrogen-bond donors (Lipinski definition) is 0. The molecule has 0 N–H and O–H groups in total. The van der Waals surface area contributed by atoms with Crippen LogP contribution in [0.4, 0.5) is 0 Å². The fraction of sp³-hybridized carbons (Fsp3) is 1.00. The molecule has 0 fully saturated rings. The van der Waals surface area contributed by atoms with E-state index < -0.39 is 7.82 Å². The van der Waals surface area contributed by atoms with Crippen molar-refractivity contribution in [3.8, 4) is 0 Å². The quantitative estimate of drug-likeness (QED) is 0.340. The first kappa shape index (κ1) is 19.2. The summed E-state index contributed by atoms with van der Waals surface area (Å²) in [6, 6.07) is 0. The van der Waals surface area contributed by atoms with Crippen LogP contribution in [0.5, 0.6) is 0 Å². The summed E-state index contributed by atoms with van der Waals surface area (Å²) in [5, 5.41) is 0. The Bertz CT molecular complexity index is 184. The Morgan fingerprint density at radius 3 is 1.81 bits per heavy atom. The van der Waals surface area contributed by atoms with E-state index in [2.05, 4.69) is 11.4 Å². The summed E-state index contributed by atoms with van der Waals surface area (Å²) in [5.41, 5.74) is 0. The Hall–Kier alpha value is 0.876. The van der Waals surface area contributed by atoms with Crippen LogP contribution in [0.1, 0.15) is 58.3 Å². The van der Waals surface area contributed by atoms with Crippen molar-refractivity contribution in [3.05, 3.63) is 0 Å². The van der Waals surface area contributed by atoms with Crippen molar-refractivity contribution in [2.45, 2.75) is 58.3 Å². The second-order valence-electron chi connectivity index (χ2n) is 3.76. The van der Waals surface area contributed by atoms with Gasteiger partial charge in [-0.3, -0.25) is 0 Å². The van der Waals surface area contributed by atoms with Crippen LogP contribution >= 0.6 is 7.82 Å². The molecule has 92 valence electrons. The molecule has 16 heavy (non-hydrogen) atoms. The average molecular weight is 261 g/mol. The number of unbranched alkanes of at least 4 members (excludes halogenated alkanes) is 7. The molecule has 0 atom stereocenters. The van der Waals surface area contributed by atoms with E-state index in [9.17, 15) is 14.4 Å². The van der Waals surface area contributed by atoms with Crippen LogP contribution in [0.2, 0.25) is 0 Å². The number of phosphoric ester groups is 1. The van der Waals surface area contributed by atoms with Gasteiger partial charge in [0.2, 0.25) is 0 Å². The van der Waals surface area contributed by atoms with Crippen LogP contribution in [0.15, 0.2) is 0 Å². The van der Waals surface area contributed by atoms with Gasteiger partial charge in [0.25, 0.3) is 0 Å². The molecule has 0 aliphatic carbocycles. The minimum absolute atomic E-state index is 0. The zero-order valence-electron chi connectivity index (χ0n) is 10.2. The fourth-order valence-electron chi connectivity index (χ4n) is 1.41. The van der Waals surface area contributed by atoms with Gasteiger partial charge in [0.1, 0.15) is 0 Å². The van der Waals surface area contributed by atoms with E-state index >= 15 is 0 Å². The minimum atomic E-state index is -4.74. The van der Waals surface area contributed by atoms with E-state index in [1.54, 1.807) is 0 Å². The van der Waals surface area contributed by atoms with Gasteiger partial charge in [-0.05, 0) is 6.42 Å². The summed E-state index contributed by atoms with van der Waals surface area (Å²) in [5.74, 6) is 0. The van der Waals surface area contributed by atoms with Gasteiger partial charge >= 0.3 is 23.1 Å². The normalized spacial score (nSPS) is 11.2. The van der Waals surface area contributed by atoms with Gasteiger partial charge in [0.15, 0.2) is 0 Å². The predicted octanol–water partition coefficient (Wildman–Crippen LogP) is 1.59. The van der Waals surface area contributed by atoms with Crippen molar-refractivity contribution in [1.82, 2.24) is 0 Å². The monoisotopic (exact) mass is 260 g/mol. The van der Waals surface area contributed by atoms with Crippen molar-refractivity contribution in [2.75, 3.05) is 6.61 Å². The zero-order valence-corrected chi connectivity index (χ0v) is 12.5. The Kier molecular flexibility index (Phi) is 14.8. The van der Waals surface area contributed by atoms with Crippen molar-refractivity contribution in [2.24, 2.45) is 0 Å². The molecular weight excluding hydrogens is 239 g/mol. The van der Waals surface area contributed by atoms with Crippen LogP contribution in [0.3, 0.4) is 0 Å². The van der Waals surface area contributed by atoms with Crippen molar-refractivity contribution < 1.29 is 18.9 Å². The Morgan fingerprint density at radius 1 is 0.938 bits per heavy atom. The van der Waals surface area contributed by atoms with Crippen LogP contribution in [-0.2, 0) is 9.09 Å². The maximum atomic E-state index is 10.1. The van der Waals surface area contributed by atoms with Crippen LogP contribution in [0.25, 0.3) is 0 Å². The number of phosphoric acid groups is 1. The molecule has 0 aromatic carbocycles. The summed E-state index contributed by atoms with van der Waals surface area (Å²) in [7, 11) is -4.74. The van der Waals surface area contributed by atoms with Gasteiger partial charge in [0.05, 0.1) is 14.4 Å². The number of hydrogen-bond acceptors (Lipinski definition) is 4. The van der Waals surface area contributed by atoms with Gasteiger partial charge in [0, 0.05) is 0 Å². The molecule has 0 saturated carbocycles. The molecule has 0 unspecified atom stereocenters. The molecule has 0 aromatic rings. The molecular formula is C10H21MgO4P. The summed E-state index contributed by atoms with van der Waals surface area (Å²) >= 11 is 0. The summed E-state index contributed by atoms with van der Waals surface area (Å²) in [6.07, 6.45) is 8.93. The molecule has 0 rings (SSSR count). The van der Waals surface area contributed by atoms with Crippen LogP contribution in [0, 0.1) is 0 Å². The van der Waals surface area contributed by atoms with Crippen LogP contribution in [-0.4, -0.2) is 29.7 Å². The van der Waals surface area contributed by atoms with Gasteiger partial charge < -0.3 is 18.9 Å².